The van der Waals surface area contributed by atoms with Crippen LogP contribution in [-0.4, -0.2) is 15.0 Å². The number of rotatable bonds is 2. The van der Waals surface area contributed by atoms with Gasteiger partial charge in [-0.1, -0.05) is 31.4 Å². The van der Waals surface area contributed by atoms with Crippen LogP contribution >= 0.6 is 0 Å². The van der Waals surface area contributed by atoms with Crippen molar-refractivity contribution in [2.75, 3.05) is 0 Å². The minimum absolute atomic E-state index is 0.552. The first-order valence-corrected chi connectivity index (χ1v) is 8.20. The van der Waals surface area contributed by atoms with Gasteiger partial charge in [-0.2, -0.15) is 5.26 Å². The van der Waals surface area contributed by atoms with Crippen LogP contribution in [0.4, 0.5) is 0 Å². The van der Waals surface area contributed by atoms with E-state index in [-0.39, 0.29) is 0 Å². The molecule has 0 spiro atoms. The standard InChI is InChI=1S/C19H18N4/c20-11-13-6-8-14(9-7-13)16-10-17-19(21-12-16)23-18(22-17)15-4-2-1-3-5-15/h6-10,12,15H,1-5H2,(H,21,22,23). The molecule has 0 saturated heterocycles. The molecule has 4 nitrogen and oxygen atoms in total. The normalized spacial score (nSPS) is 15.6. The Bertz CT molecular complexity index is 865. The van der Waals surface area contributed by atoms with E-state index in [9.17, 15) is 0 Å². The van der Waals surface area contributed by atoms with Gasteiger partial charge >= 0.3 is 0 Å². The van der Waals surface area contributed by atoms with Crippen molar-refractivity contribution in [3.8, 4) is 17.2 Å². The van der Waals surface area contributed by atoms with E-state index in [1.807, 2.05) is 30.5 Å². The van der Waals surface area contributed by atoms with Crippen molar-refractivity contribution in [3.05, 3.63) is 47.9 Å². The predicted octanol–water partition coefficient (Wildman–Crippen LogP) is 4.54. The summed E-state index contributed by atoms with van der Waals surface area (Å²) in [4.78, 5) is 12.7. The van der Waals surface area contributed by atoms with Crippen molar-refractivity contribution < 1.29 is 0 Å². The Balaban J connectivity index is 1.68. The Kier molecular flexibility index (Phi) is 3.55. The number of nitrogens with one attached hydrogen (secondary N) is 1. The van der Waals surface area contributed by atoms with E-state index in [0.717, 1.165) is 28.1 Å². The second-order valence-electron chi connectivity index (χ2n) is 6.24. The molecule has 1 aliphatic carbocycles. The number of hydrogen-bond donors (Lipinski definition) is 1. The number of pyridine rings is 1. The lowest BCUT2D eigenvalue weighted by atomic mass is 9.89. The van der Waals surface area contributed by atoms with Crippen molar-refractivity contribution in [2.45, 2.75) is 38.0 Å². The Hall–Kier alpha value is -2.67. The zero-order valence-corrected chi connectivity index (χ0v) is 12.9. The molecule has 1 aromatic carbocycles. The molecular weight excluding hydrogens is 284 g/mol. The molecule has 2 aromatic heterocycles. The molecule has 1 fully saturated rings. The van der Waals surface area contributed by atoms with Crippen LogP contribution in [0.3, 0.4) is 0 Å². The molecule has 0 amide bonds. The Labute approximate surface area is 135 Å². The van der Waals surface area contributed by atoms with E-state index in [1.54, 1.807) is 0 Å². The molecule has 0 radical (unpaired) electrons. The monoisotopic (exact) mass is 302 g/mol. The largest absolute Gasteiger partial charge is 0.326 e. The summed E-state index contributed by atoms with van der Waals surface area (Å²) in [6.07, 6.45) is 8.26. The highest BCUT2D eigenvalue weighted by Crippen LogP contribution is 2.32. The third-order valence-electron chi connectivity index (χ3n) is 4.69. The van der Waals surface area contributed by atoms with Crippen molar-refractivity contribution >= 4 is 11.2 Å². The molecule has 0 bridgehead atoms. The minimum Gasteiger partial charge on any atom is -0.326 e. The summed E-state index contributed by atoms with van der Waals surface area (Å²) >= 11 is 0. The molecule has 2 heterocycles. The lowest BCUT2D eigenvalue weighted by Gasteiger charge is -2.18. The van der Waals surface area contributed by atoms with Crippen LogP contribution in [0.15, 0.2) is 36.5 Å². The van der Waals surface area contributed by atoms with Crippen LogP contribution in [0.1, 0.15) is 49.4 Å². The van der Waals surface area contributed by atoms with Crippen LogP contribution in [0.25, 0.3) is 22.3 Å². The van der Waals surface area contributed by atoms with Gasteiger partial charge in [-0.05, 0) is 36.6 Å². The van der Waals surface area contributed by atoms with E-state index >= 15 is 0 Å². The maximum absolute atomic E-state index is 8.89. The number of hydrogen-bond acceptors (Lipinski definition) is 3. The fourth-order valence-electron chi connectivity index (χ4n) is 3.38. The zero-order valence-electron chi connectivity index (χ0n) is 12.9. The van der Waals surface area contributed by atoms with Gasteiger partial charge in [0.2, 0.25) is 0 Å². The summed E-state index contributed by atoms with van der Waals surface area (Å²) in [5, 5.41) is 8.89. The number of imidazole rings is 1. The average Bonchev–Trinajstić information content (AvgIpc) is 3.06. The van der Waals surface area contributed by atoms with Gasteiger partial charge < -0.3 is 4.98 Å². The van der Waals surface area contributed by atoms with Crippen molar-refractivity contribution in [1.29, 1.82) is 5.26 Å². The number of nitrogens with zero attached hydrogens (tertiary/aromatic N) is 3. The summed E-state index contributed by atoms with van der Waals surface area (Å²) in [5.74, 6) is 1.64. The molecule has 1 N–H and O–H groups in total. The first-order chi connectivity index (χ1) is 11.3. The lowest BCUT2D eigenvalue weighted by Crippen LogP contribution is -2.05. The van der Waals surface area contributed by atoms with Crippen LogP contribution in [0.2, 0.25) is 0 Å². The van der Waals surface area contributed by atoms with Gasteiger partial charge in [0.15, 0.2) is 5.65 Å². The van der Waals surface area contributed by atoms with Gasteiger partial charge in [0, 0.05) is 17.7 Å². The molecule has 4 rings (SSSR count). The first kappa shape index (κ1) is 14.0. The SMILES string of the molecule is N#Cc1ccc(-c2cnc3[nH]c(C4CCCCC4)nc3c2)cc1. The maximum atomic E-state index is 8.89. The van der Waals surface area contributed by atoms with E-state index in [1.165, 1.54) is 32.1 Å². The molecule has 0 aliphatic heterocycles. The summed E-state index contributed by atoms with van der Waals surface area (Å²) in [5.41, 5.74) is 4.54. The number of nitriles is 1. The van der Waals surface area contributed by atoms with Gasteiger partial charge in [0.25, 0.3) is 0 Å². The second-order valence-corrected chi connectivity index (χ2v) is 6.24. The highest BCUT2D eigenvalue weighted by Gasteiger charge is 2.19. The molecule has 4 heteroatoms. The second kappa shape index (κ2) is 5.85. The van der Waals surface area contributed by atoms with Crippen LogP contribution in [0, 0.1) is 11.3 Å². The minimum atomic E-state index is 0.552. The summed E-state index contributed by atoms with van der Waals surface area (Å²) in [7, 11) is 0. The highest BCUT2D eigenvalue weighted by atomic mass is 15.0. The topological polar surface area (TPSA) is 65.4 Å². The third-order valence-corrected chi connectivity index (χ3v) is 4.69. The van der Waals surface area contributed by atoms with E-state index in [0.29, 0.717) is 11.5 Å². The summed E-state index contributed by atoms with van der Waals surface area (Å²) < 4.78 is 0. The fraction of sp³-hybridized carbons (Fsp3) is 0.316. The Morgan fingerprint density at radius 2 is 1.83 bits per heavy atom. The van der Waals surface area contributed by atoms with Gasteiger partial charge in [0.05, 0.1) is 11.6 Å². The lowest BCUT2D eigenvalue weighted by molar-refractivity contribution is 0.431. The molecule has 114 valence electrons. The first-order valence-electron chi connectivity index (χ1n) is 8.20. The van der Waals surface area contributed by atoms with Crippen molar-refractivity contribution in [3.63, 3.8) is 0 Å². The smallest absolute Gasteiger partial charge is 0.157 e. The molecule has 1 aliphatic rings. The molecule has 23 heavy (non-hydrogen) atoms. The van der Waals surface area contributed by atoms with Crippen LogP contribution < -0.4 is 0 Å². The van der Waals surface area contributed by atoms with Gasteiger partial charge in [-0.15, -0.1) is 0 Å². The Morgan fingerprint density at radius 1 is 1.04 bits per heavy atom. The predicted molar refractivity (Wildman–Crippen MR) is 89.9 cm³/mol. The van der Waals surface area contributed by atoms with Gasteiger partial charge in [-0.3, -0.25) is 0 Å². The molecule has 3 aromatic rings. The van der Waals surface area contributed by atoms with E-state index in [2.05, 4.69) is 22.1 Å². The van der Waals surface area contributed by atoms with E-state index < -0.39 is 0 Å². The number of fused-ring (bicyclic) bond motifs is 1. The van der Waals surface area contributed by atoms with Gasteiger partial charge in [-0.25, -0.2) is 9.97 Å². The average molecular weight is 302 g/mol. The summed E-state index contributed by atoms with van der Waals surface area (Å²) in [6, 6.07) is 11.8. The Morgan fingerprint density at radius 3 is 2.57 bits per heavy atom. The molecule has 1 saturated carbocycles. The highest BCUT2D eigenvalue weighted by molar-refractivity contribution is 5.78. The van der Waals surface area contributed by atoms with Crippen LogP contribution in [-0.2, 0) is 0 Å². The maximum Gasteiger partial charge on any atom is 0.157 e. The van der Waals surface area contributed by atoms with E-state index in [4.69, 9.17) is 10.2 Å². The van der Waals surface area contributed by atoms with Crippen molar-refractivity contribution in [2.24, 2.45) is 0 Å². The van der Waals surface area contributed by atoms with Gasteiger partial charge in [0.1, 0.15) is 11.3 Å². The fourth-order valence-corrected chi connectivity index (χ4v) is 3.38. The quantitative estimate of drug-likeness (QED) is 0.755. The summed E-state index contributed by atoms with van der Waals surface area (Å²) in [6.45, 7) is 0. The number of benzene rings is 1. The zero-order chi connectivity index (χ0) is 15.6. The number of aromatic amines is 1. The number of aromatic nitrogens is 3. The molecular formula is C19H18N4. The molecule has 0 atom stereocenters. The van der Waals surface area contributed by atoms with Crippen molar-refractivity contribution in [1.82, 2.24) is 15.0 Å². The van der Waals surface area contributed by atoms with Crippen LogP contribution in [0.5, 0.6) is 0 Å². The molecule has 0 unspecified atom stereocenters. The number of H-pyrrole nitrogens is 1. The third kappa shape index (κ3) is 2.70.